The van der Waals surface area contributed by atoms with E-state index < -0.39 is 0 Å². The van der Waals surface area contributed by atoms with Gasteiger partial charge in [0, 0.05) is 26.1 Å². The first kappa shape index (κ1) is 16.8. The van der Waals surface area contributed by atoms with Crippen molar-refractivity contribution < 1.29 is 4.79 Å². The van der Waals surface area contributed by atoms with Crippen molar-refractivity contribution >= 4 is 27.5 Å². The van der Waals surface area contributed by atoms with E-state index in [2.05, 4.69) is 0 Å². The maximum Gasteiger partial charge on any atom is 0.264 e. The number of carbonyl (C=O) groups excluding carboxylic acids is 1. The van der Waals surface area contributed by atoms with Crippen molar-refractivity contribution in [1.82, 2.24) is 14.5 Å². The summed E-state index contributed by atoms with van der Waals surface area (Å²) >= 11 is 1.40. The Bertz CT molecular complexity index is 877. The van der Waals surface area contributed by atoms with Gasteiger partial charge in [-0.1, -0.05) is 19.3 Å². The second-order valence-electron chi connectivity index (χ2n) is 7.39. The molecule has 0 radical (unpaired) electrons. The molecule has 1 fully saturated rings. The predicted octanol–water partition coefficient (Wildman–Crippen LogP) is 3.51. The van der Waals surface area contributed by atoms with Gasteiger partial charge in [0.05, 0.1) is 10.3 Å². The number of aryl methyl sites for hydroxylation is 2. The zero-order chi connectivity index (χ0) is 17.6. The fourth-order valence-electron chi connectivity index (χ4n) is 4.23. The van der Waals surface area contributed by atoms with E-state index in [1.807, 2.05) is 23.4 Å². The van der Waals surface area contributed by atoms with Gasteiger partial charge in [-0.3, -0.25) is 14.2 Å². The van der Waals surface area contributed by atoms with E-state index >= 15 is 0 Å². The van der Waals surface area contributed by atoms with Crippen LogP contribution in [0.15, 0.2) is 4.79 Å². The van der Waals surface area contributed by atoms with Gasteiger partial charge >= 0.3 is 0 Å². The summed E-state index contributed by atoms with van der Waals surface area (Å²) in [5.41, 5.74) is 0.846. The summed E-state index contributed by atoms with van der Waals surface area (Å²) in [6.45, 7) is 2.65. The van der Waals surface area contributed by atoms with Gasteiger partial charge in [0.25, 0.3) is 11.5 Å². The van der Waals surface area contributed by atoms with Crippen molar-refractivity contribution in [2.45, 2.75) is 70.9 Å². The summed E-state index contributed by atoms with van der Waals surface area (Å²) in [5.74, 6) is 0.930. The van der Waals surface area contributed by atoms with Crippen LogP contribution in [-0.2, 0) is 13.0 Å². The standard InChI is InChI=1S/C19H25N3O2S/c1-12-15-17(20-14-10-6-7-11-22(14)18(15)23)25-16(12)19(24)21(2)13-8-4-3-5-9-13/h13H,3-11H2,1-2H3. The average molecular weight is 359 g/mol. The highest BCUT2D eigenvalue weighted by Gasteiger charge is 2.28. The second-order valence-corrected chi connectivity index (χ2v) is 8.39. The second kappa shape index (κ2) is 6.56. The van der Waals surface area contributed by atoms with E-state index in [-0.39, 0.29) is 11.5 Å². The molecule has 25 heavy (non-hydrogen) atoms. The fourth-order valence-corrected chi connectivity index (χ4v) is 5.40. The van der Waals surface area contributed by atoms with Crippen LogP contribution < -0.4 is 5.56 Å². The molecule has 2 aliphatic rings. The highest BCUT2D eigenvalue weighted by atomic mass is 32.1. The summed E-state index contributed by atoms with van der Waals surface area (Å²) in [6, 6.07) is 0.327. The number of hydrogen-bond donors (Lipinski definition) is 0. The maximum absolute atomic E-state index is 13.1. The molecule has 1 aliphatic carbocycles. The first-order valence-corrected chi connectivity index (χ1v) is 10.2. The van der Waals surface area contributed by atoms with Crippen molar-refractivity contribution in [3.63, 3.8) is 0 Å². The molecule has 1 saturated carbocycles. The molecular formula is C19H25N3O2S. The molecule has 1 aliphatic heterocycles. The van der Waals surface area contributed by atoms with Crippen LogP contribution in [0.4, 0.5) is 0 Å². The van der Waals surface area contributed by atoms with Gasteiger partial charge < -0.3 is 4.90 Å². The Morgan fingerprint density at radius 3 is 2.72 bits per heavy atom. The largest absolute Gasteiger partial charge is 0.338 e. The lowest BCUT2D eigenvalue weighted by atomic mass is 9.94. The van der Waals surface area contributed by atoms with Gasteiger partial charge in [-0.2, -0.15) is 0 Å². The molecular weight excluding hydrogens is 334 g/mol. The van der Waals surface area contributed by atoms with E-state index in [4.69, 9.17) is 4.98 Å². The Labute approximate surface area is 151 Å². The van der Waals surface area contributed by atoms with Gasteiger partial charge in [-0.15, -0.1) is 11.3 Å². The van der Waals surface area contributed by atoms with Gasteiger partial charge in [0.15, 0.2) is 0 Å². The Kier molecular flexibility index (Phi) is 4.40. The number of nitrogens with zero attached hydrogens (tertiary/aromatic N) is 3. The number of fused-ring (bicyclic) bond motifs is 2. The van der Waals surface area contributed by atoms with Crippen molar-refractivity contribution in [3.05, 3.63) is 26.6 Å². The molecule has 0 aromatic carbocycles. The van der Waals surface area contributed by atoms with E-state index in [9.17, 15) is 9.59 Å². The summed E-state index contributed by atoms with van der Waals surface area (Å²) in [6.07, 6.45) is 8.80. The minimum atomic E-state index is 0.0350. The lowest BCUT2D eigenvalue weighted by Gasteiger charge is -2.31. The minimum Gasteiger partial charge on any atom is -0.338 e. The maximum atomic E-state index is 13.1. The number of amides is 1. The molecule has 2 aromatic heterocycles. The minimum absolute atomic E-state index is 0.0350. The Hall–Kier alpha value is -1.69. The fraction of sp³-hybridized carbons (Fsp3) is 0.632. The molecule has 0 atom stereocenters. The number of thiophene rings is 1. The van der Waals surface area contributed by atoms with E-state index in [0.717, 1.165) is 54.9 Å². The Balaban J connectivity index is 1.75. The number of hydrogen-bond acceptors (Lipinski definition) is 4. The summed E-state index contributed by atoms with van der Waals surface area (Å²) < 4.78 is 1.81. The van der Waals surface area contributed by atoms with Gasteiger partial charge in [-0.05, 0) is 38.2 Å². The normalized spacial score (nSPS) is 18.3. The predicted molar refractivity (Wildman–Crippen MR) is 101 cm³/mol. The molecule has 0 spiro atoms. The molecule has 0 N–H and O–H groups in total. The SMILES string of the molecule is Cc1c(C(=O)N(C)C2CCCCC2)sc2nc3n(c(=O)c12)CCCC3. The molecule has 134 valence electrons. The zero-order valence-electron chi connectivity index (χ0n) is 15.0. The smallest absolute Gasteiger partial charge is 0.264 e. The van der Waals surface area contributed by atoms with Crippen LogP contribution in [0, 0.1) is 6.92 Å². The van der Waals surface area contributed by atoms with E-state index in [0.29, 0.717) is 16.3 Å². The summed E-state index contributed by atoms with van der Waals surface area (Å²) in [4.78, 5) is 34.0. The first-order valence-electron chi connectivity index (χ1n) is 9.38. The molecule has 3 heterocycles. The van der Waals surface area contributed by atoms with Crippen LogP contribution in [0.5, 0.6) is 0 Å². The Morgan fingerprint density at radius 1 is 1.20 bits per heavy atom. The van der Waals surface area contributed by atoms with Crippen molar-refractivity contribution in [1.29, 1.82) is 0 Å². The molecule has 4 rings (SSSR count). The third-order valence-corrected chi connectivity index (χ3v) is 6.97. The van der Waals surface area contributed by atoms with Crippen molar-refractivity contribution in [2.75, 3.05) is 7.05 Å². The number of rotatable bonds is 2. The number of aromatic nitrogens is 2. The van der Waals surface area contributed by atoms with Gasteiger partial charge in [0.2, 0.25) is 0 Å². The van der Waals surface area contributed by atoms with Crippen LogP contribution >= 0.6 is 11.3 Å². The summed E-state index contributed by atoms with van der Waals surface area (Å²) in [7, 11) is 1.91. The van der Waals surface area contributed by atoms with Crippen LogP contribution in [0.25, 0.3) is 10.2 Å². The van der Waals surface area contributed by atoms with Crippen molar-refractivity contribution in [2.24, 2.45) is 0 Å². The van der Waals surface area contributed by atoms with Gasteiger partial charge in [0.1, 0.15) is 10.7 Å². The van der Waals surface area contributed by atoms with E-state index in [1.165, 1.54) is 30.6 Å². The van der Waals surface area contributed by atoms with Crippen LogP contribution in [0.3, 0.4) is 0 Å². The molecule has 1 amide bonds. The van der Waals surface area contributed by atoms with Crippen molar-refractivity contribution in [3.8, 4) is 0 Å². The molecule has 0 saturated heterocycles. The van der Waals surface area contributed by atoms with Crippen LogP contribution in [-0.4, -0.2) is 33.4 Å². The molecule has 6 heteroatoms. The third-order valence-electron chi connectivity index (χ3n) is 5.80. The highest BCUT2D eigenvalue weighted by molar-refractivity contribution is 7.20. The van der Waals surface area contributed by atoms with E-state index in [1.54, 1.807) is 0 Å². The topological polar surface area (TPSA) is 55.2 Å². The molecule has 0 unspecified atom stereocenters. The lowest BCUT2D eigenvalue weighted by molar-refractivity contribution is 0.0700. The Morgan fingerprint density at radius 2 is 1.96 bits per heavy atom. The quantitative estimate of drug-likeness (QED) is 0.824. The molecule has 2 aromatic rings. The van der Waals surface area contributed by atoms with Crippen LogP contribution in [0.1, 0.15) is 66.0 Å². The summed E-state index contributed by atoms with van der Waals surface area (Å²) in [5, 5.41) is 0.649. The van der Waals surface area contributed by atoms with Gasteiger partial charge in [-0.25, -0.2) is 4.98 Å². The molecule has 5 nitrogen and oxygen atoms in total. The zero-order valence-corrected chi connectivity index (χ0v) is 15.8. The average Bonchev–Trinajstić information content (AvgIpc) is 2.98. The lowest BCUT2D eigenvalue weighted by Crippen LogP contribution is -2.38. The molecule has 0 bridgehead atoms. The number of carbonyl (C=O) groups is 1. The monoisotopic (exact) mass is 359 g/mol. The van der Waals surface area contributed by atoms with Crippen LogP contribution in [0.2, 0.25) is 0 Å². The third kappa shape index (κ3) is 2.80. The first-order chi connectivity index (χ1) is 12.1. The highest BCUT2D eigenvalue weighted by Crippen LogP contribution is 2.31.